The highest BCUT2D eigenvalue weighted by molar-refractivity contribution is 7.92. The van der Waals surface area contributed by atoms with Crippen LogP contribution in [0.25, 0.3) is 0 Å². The molecule has 1 heterocycles. The Morgan fingerprint density at radius 1 is 1.00 bits per heavy atom. The number of halogens is 3. The van der Waals surface area contributed by atoms with Gasteiger partial charge in [-0.1, -0.05) is 18.2 Å². The number of nitrogens with one attached hydrogen (secondary N) is 1. The average Bonchev–Trinajstić information content (AvgIpc) is 2.86. The van der Waals surface area contributed by atoms with Crippen LogP contribution in [0.1, 0.15) is 17.0 Å². The molecule has 0 amide bonds. The first-order chi connectivity index (χ1) is 12.7. The zero-order valence-electron chi connectivity index (χ0n) is 14.5. The number of aryl methyl sites for hydroxylation is 1. The molecule has 0 unspecified atom stereocenters. The normalized spacial score (nSPS) is 11.6. The van der Waals surface area contributed by atoms with Gasteiger partial charge in [0.05, 0.1) is 28.5 Å². The van der Waals surface area contributed by atoms with Crippen LogP contribution < -0.4 is 4.72 Å². The molecule has 142 valence electrons. The maximum Gasteiger partial charge on any atom is 0.262 e. The van der Waals surface area contributed by atoms with E-state index in [4.69, 9.17) is 0 Å². The van der Waals surface area contributed by atoms with Crippen molar-refractivity contribution in [2.45, 2.75) is 25.3 Å². The van der Waals surface area contributed by atoms with Gasteiger partial charge in [0, 0.05) is 5.56 Å². The second kappa shape index (κ2) is 7.07. The molecular weight excluding hydrogens is 379 g/mol. The Morgan fingerprint density at radius 3 is 2.37 bits per heavy atom. The summed E-state index contributed by atoms with van der Waals surface area (Å²) in [5, 5.41) is 4.25. The third-order valence-corrected chi connectivity index (χ3v) is 5.44. The number of hydrogen-bond donors (Lipinski definition) is 1. The quantitative estimate of drug-likeness (QED) is 0.715. The fourth-order valence-corrected chi connectivity index (χ4v) is 3.81. The Morgan fingerprint density at radius 2 is 1.70 bits per heavy atom. The lowest BCUT2D eigenvalue weighted by molar-refractivity contribution is 0.504. The zero-order valence-corrected chi connectivity index (χ0v) is 15.3. The Balaban J connectivity index is 1.92. The number of aromatic nitrogens is 2. The van der Waals surface area contributed by atoms with Crippen LogP contribution in [0, 0.1) is 31.3 Å². The molecule has 0 aliphatic heterocycles. The highest BCUT2D eigenvalue weighted by atomic mass is 32.2. The molecule has 0 spiro atoms. The van der Waals surface area contributed by atoms with E-state index in [1.165, 1.54) is 10.7 Å². The molecule has 0 radical (unpaired) electrons. The van der Waals surface area contributed by atoms with E-state index in [1.54, 1.807) is 32.0 Å². The summed E-state index contributed by atoms with van der Waals surface area (Å²) < 4.78 is 69.1. The second-order valence-electron chi connectivity index (χ2n) is 5.98. The molecule has 3 aromatic rings. The second-order valence-corrected chi connectivity index (χ2v) is 7.66. The Kier molecular flexibility index (Phi) is 4.97. The molecule has 27 heavy (non-hydrogen) atoms. The summed E-state index contributed by atoms with van der Waals surface area (Å²) in [6, 6.07) is 8.51. The number of benzene rings is 2. The number of nitrogens with zero attached hydrogens (tertiary/aromatic N) is 2. The molecule has 0 bridgehead atoms. The third-order valence-electron chi connectivity index (χ3n) is 4.10. The van der Waals surface area contributed by atoms with Crippen molar-refractivity contribution in [1.29, 1.82) is 0 Å². The lowest BCUT2D eigenvalue weighted by Crippen LogP contribution is -2.15. The van der Waals surface area contributed by atoms with Crippen molar-refractivity contribution in [3.8, 4) is 0 Å². The number of anilines is 1. The van der Waals surface area contributed by atoms with Crippen LogP contribution in [0.2, 0.25) is 0 Å². The summed E-state index contributed by atoms with van der Waals surface area (Å²) in [6.07, 6.45) is 0. The summed E-state index contributed by atoms with van der Waals surface area (Å²) >= 11 is 0. The number of hydrogen-bond acceptors (Lipinski definition) is 3. The van der Waals surface area contributed by atoms with E-state index in [0.29, 0.717) is 23.0 Å². The van der Waals surface area contributed by atoms with Crippen LogP contribution in [0.5, 0.6) is 0 Å². The number of rotatable bonds is 5. The molecule has 0 aliphatic carbocycles. The summed E-state index contributed by atoms with van der Waals surface area (Å²) in [7, 11) is -4.15. The average molecular weight is 395 g/mol. The van der Waals surface area contributed by atoms with Crippen LogP contribution in [-0.4, -0.2) is 18.2 Å². The van der Waals surface area contributed by atoms with Crippen molar-refractivity contribution in [2.75, 3.05) is 4.72 Å². The molecule has 0 atom stereocenters. The summed E-state index contributed by atoms with van der Waals surface area (Å²) in [5.41, 5.74) is 1.44. The minimum absolute atomic E-state index is 0.117. The minimum Gasteiger partial charge on any atom is -0.276 e. The van der Waals surface area contributed by atoms with E-state index in [1.807, 2.05) is 0 Å². The van der Waals surface area contributed by atoms with Crippen molar-refractivity contribution in [1.82, 2.24) is 9.78 Å². The van der Waals surface area contributed by atoms with E-state index in [2.05, 4.69) is 9.82 Å². The van der Waals surface area contributed by atoms with Gasteiger partial charge in [0.25, 0.3) is 10.0 Å². The van der Waals surface area contributed by atoms with Crippen LogP contribution in [0.4, 0.5) is 18.9 Å². The van der Waals surface area contributed by atoms with Crippen molar-refractivity contribution in [3.05, 3.63) is 76.9 Å². The highest BCUT2D eigenvalue weighted by Crippen LogP contribution is 2.25. The molecule has 5 nitrogen and oxygen atoms in total. The number of sulfonamides is 1. The van der Waals surface area contributed by atoms with Gasteiger partial charge in [-0.3, -0.25) is 9.40 Å². The standard InChI is InChI=1S/C18H16F3N3O2S/c1-11-18(23-27(25,26)14-7-8-16(20)17(21)9-14)12(2)24(22-11)10-13-5-3-4-6-15(13)19/h3-9,23H,10H2,1-2H3. The molecule has 9 heteroatoms. The van der Waals surface area contributed by atoms with Gasteiger partial charge < -0.3 is 0 Å². The smallest absolute Gasteiger partial charge is 0.262 e. The van der Waals surface area contributed by atoms with Crippen molar-refractivity contribution in [2.24, 2.45) is 0 Å². The van der Waals surface area contributed by atoms with Crippen LogP contribution in [0.15, 0.2) is 47.4 Å². The third kappa shape index (κ3) is 3.82. The molecule has 2 aromatic carbocycles. The lowest BCUT2D eigenvalue weighted by Gasteiger charge is -2.10. The Labute approximate surface area is 154 Å². The highest BCUT2D eigenvalue weighted by Gasteiger charge is 2.21. The largest absolute Gasteiger partial charge is 0.276 e. The van der Waals surface area contributed by atoms with E-state index < -0.39 is 32.4 Å². The van der Waals surface area contributed by atoms with Crippen LogP contribution in [0.3, 0.4) is 0 Å². The molecule has 0 aliphatic rings. The van der Waals surface area contributed by atoms with E-state index >= 15 is 0 Å². The monoisotopic (exact) mass is 395 g/mol. The fraction of sp³-hybridized carbons (Fsp3) is 0.167. The first-order valence-corrected chi connectivity index (χ1v) is 9.42. The molecule has 0 saturated carbocycles. The molecule has 0 fully saturated rings. The van der Waals surface area contributed by atoms with Gasteiger partial charge in [-0.25, -0.2) is 21.6 Å². The van der Waals surface area contributed by atoms with E-state index in [9.17, 15) is 21.6 Å². The topological polar surface area (TPSA) is 64.0 Å². The predicted octanol–water partition coefficient (Wildman–Crippen LogP) is 3.77. The maximum absolute atomic E-state index is 13.9. The van der Waals surface area contributed by atoms with Gasteiger partial charge in [-0.05, 0) is 38.1 Å². The van der Waals surface area contributed by atoms with Crippen molar-refractivity contribution < 1.29 is 21.6 Å². The van der Waals surface area contributed by atoms with Gasteiger partial charge in [-0.2, -0.15) is 5.10 Å². The van der Waals surface area contributed by atoms with Crippen molar-refractivity contribution >= 4 is 15.7 Å². The molecule has 3 rings (SSSR count). The summed E-state index contributed by atoms with van der Waals surface area (Å²) in [5.74, 6) is -2.80. The minimum atomic E-state index is -4.15. The molecule has 1 N–H and O–H groups in total. The first-order valence-electron chi connectivity index (χ1n) is 7.94. The fourth-order valence-electron chi connectivity index (χ4n) is 2.62. The van der Waals surface area contributed by atoms with E-state index in [0.717, 1.165) is 12.1 Å². The maximum atomic E-state index is 13.9. The molecule has 1 aromatic heterocycles. The summed E-state index contributed by atoms with van der Waals surface area (Å²) in [4.78, 5) is -0.415. The van der Waals surface area contributed by atoms with Gasteiger partial charge in [0.15, 0.2) is 11.6 Å². The van der Waals surface area contributed by atoms with Crippen LogP contribution in [-0.2, 0) is 16.6 Å². The van der Waals surface area contributed by atoms with Gasteiger partial charge in [0.1, 0.15) is 5.82 Å². The van der Waals surface area contributed by atoms with Crippen LogP contribution >= 0.6 is 0 Å². The predicted molar refractivity (Wildman–Crippen MR) is 94.4 cm³/mol. The first kappa shape index (κ1) is 19.0. The Hall–Kier alpha value is -2.81. The van der Waals surface area contributed by atoms with Crippen molar-refractivity contribution in [3.63, 3.8) is 0 Å². The SMILES string of the molecule is Cc1nn(Cc2ccccc2F)c(C)c1NS(=O)(=O)c1ccc(F)c(F)c1. The molecular formula is C18H16F3N3O2S. The zero-order chi connectivity index (χ0) is 19.8. The van der Waals surface area contributed by atoms with Gasteiger partial charge >= 0.3 is 0 Å². The van der Waals surface area contributed by atoms with Gasteiger partial charge in [0.2, 0.25) is 0 Å². The van der Waals surface area contributed by atoms with Gasteiger partial charge in [-0.15, -0.1) is 0 Å². The molecule has 0 saturated heterocycles. The van der Waals surface area contributed by atoms with E-state index in [-0.39, 0.29) is 12.2 Å². The Bertz CT molecular complexity index is 1110. The summed E-state index contributed by atoms with van der Waals surface area (Å²) in [6.45, 7) is 3.34. The lowest BCUT2D eigenvalue weighted by atomic mass is 10.2.